The van der Waals surface area contributed by atoms with Gasteiger partial charge in [-0.25, -0.2) is 4.98 Å². The van der Waals surface area contributed by atoms with Gasteiger partial charge in [0.05, 0.1) is 30.4 Å². The van der Waals surface area contributed by atoms with Crippen LogP contribution in [0.3, 0.4) is 0 Å². The molecule has 0 unspecified atom stereocenters. The van der Waals surface area contributed by atoms with E-state index in [9.17, 15) is 0 Å². The number of para-hydroxylation sites is 3. The van der Waals surface area contributed by atoms with Gasteiger partial charge in [-0.2, -0.15) is 18.2 Å². The number of nitrogens with zero attached hydrogens (tertiary/aromatic N) is 5. The number of hydrogen-bond acceptors (Lipinski definition) is 2. The first-order valence-corrected chi connectivity index (χ1v) is 22.1. The number of imidazole rings is 1. The molecule has 0 fully saturated rings. The van der Waals surface area contributed by atoms with Gasteiger partial charge in [-0.05, 0) is 97.9 Å². The average Bonchev–Trinajstić information content (AvgIpc) is 4.21. The van der Waals surface area contributed by atoms with Crippen LogP contribution in [0.25, 0.3) is 89.1 Å². The predicted molar refractivity (Wildman–Crippen MR) is 274 cm³/mol. The third-order valence-corrected chi connectivity index (χ3v) is 12.2. The van der Waals surface area contributed by atoms with Crippen LogP contribution in [-0.2, 0) is 26.5 Å². The van der Waals surface area contributed by atoms with Gasteiger partial charge in [0, 0.05) is 62.4 Å². The third kappa shape index (κ3) is 8.07. The quantitative estimate of drug-likeness (QED) is 0.107. The Bertz CT molecular complexity index is 4270. The zero-order valence-electron chi connectivity index (χ0n) is 47.5. The first-order valence-electron chi connectivity index (χ1n) is 27.1. The van der Waals surface area contributed by atoms with E-state index >= 15 is 0 Å². The van der Waals surface area contributed by atoms with Gasteiger partial charge >= 0.3 is 0 Å². The molecule has 12 rings (SSSR count). The van der Waals surface area contributed by atoms with E-state index in [1.54, 1.807) is 39.5 Å². The topological polar surface area (TPSA) is 40.8 Å². The molecule has 0 atom stereocenters. The Morgan fingerprint density at radius 2 is 1.28 bits per heavy atom. The van der Waals surface area contributed by atoms with Gasteiger partial charge in [-0.3, -0.25) is 4.57 Å². The number of benzene rings is 8. The number of ether oxygens (including phenoxy) is 1. The number of hydrogen-bond donors (Lipinski definition) is 0. The van der Waals surface area contributed by atoms with Crippen LogP contribution in [0.4, 0.5) is 0 Å². The summed E-state index contributed by atoms with van der Waals surface area (Å²) in [5.41, 5.74) is 7.67. The molecule has 4 heterocycles. The summed E-state index contributed by atoms with van der Waals surface area (Å²) in [6.07, 6.45) is 9.30. The smallest absolute Gasteiger partial charge is 0.268 e. The summed E-state index contributed by atoms with van der Waals surface area (Å²) in [6, 6.07) is 46.2. The van der Waals surface area contributed by atoms with Crippen LogP contribution in [-0.4, -0.2) is 18.7 Å². The summed E-state index contributed by atoms with van der Waals surface area (Å²) in [4.78, 5) is 4.90. The van der Waals surface area contributed by atoms with Crippen molar-refractivity contribution in [1.29, 1.82) is 0 Å². The SMILES string of the molecule is [2H]c1c([2H])c([2H])c(-c2cccc(-c3c([2H])c([2H])c([2H])c([2H])c3[2H])c2-[n+]2[c-]n(-c3[c-]c(Oc4[c-]c5c(cc4)c4cc(-c6ccc(-n7cccc7)cc6)ccc4n5-c4cc(C(C)(C)C)ccn4)ccc3)c3ccccc32)c([2H])c1[2H].[Pt]. The number of rotatable bonds is 9. The average molecular weight is 1080 g/mol. The van der Waals surface area contributed by atoms with Crippen LogP contribution < -0.4 is 9.30 Å². The van der Waals surface area contributed by atoms with Crippen molar-refractivity contribution in [3.8, 4) is 67.8 Å². The van der Waals surface area contributed by atoms with Crippen molar-refractivity contribution in [3.63, 3.8) is 0 Å². The van der Waals surface area contributed by atoms with E-state index in [0.29, 0.717) is 28.2 Å². The molecule has 8 aromatic carbocycles. The van der Waals surface area contributed by atoms with E-state index in [0.717, 1.165) is 50.0 Å². The molecule has 6 nitrogen and oxygen atoms in total. The van der Waals surface area contributed by atoms with Crippen LogP contribution in [0.1, 0.15) is 40.0 Å². The standard InChI is InChI=1S/C62H45N5O.Pt/c1-62(2,3)47-34-35-63-60(39-47)67-56-33-28-46(43-26-29-48(30-27-43)64-36-12-13-37-64)38-55(56)54-32-31-51(41-59(54)67)68-50-21-14-20-49(40-50)65-42-66(58-25-11-10-24-57(58)65)61-52(44-16-6-4-7-17-44)22-15-23-53(61)45-18-8-5-9-19-45;/h4-39H,1-3H3;/q-2;/i4D,5D,6D,7D,8D,9D,16D,17D,18D,19D;. The molecule has 0 aliphatic carbocycles. The van der Waals surface area contributed by atoms with Crippen molar-refractivity contribution in [2.24, 2.45) is 0 Å². The largest absolute Gasteiger partial charge is 0.510 e. The Morgan fingerprint density at radius 3 is 2.00 bits per heavy atom. The molecule has 4 aromatic heterocycles. The van der Waals surface area contributed by atoms with Gasteiger partial charge in [0.25, 0.3) is 6.33 Å². The van der Waals surface area contributed by atoms with Crippen molar-refractivity contribution in [2.75, 3.05) is 0 Å². The fourth-order valence-electron chi connectivity index (χ4n) is 8.85. The molecule has 336 valence electrons. The summed E-state index contributed by atoms with van der Waals surface area (Å²) in [5, 5.41) is 1.97. The molecular formula is C62H45N5OPt-2. The second-order valence-electron chi connectivity index (χ2n) is 17.4. The Hall–Kier alpha value is -8.05. The minimum atomic E-state index is -0.575. The summed E-state index contributed by atoms with van der Waals surface area (Å²) < 4.78 is 102. The molecule has 7 heteroatoms. The third-order valence-electron chi connectivity index (χ3n) is 12.2. The molecule has 0 spiro atoms. The molecule has 12 aromatic rings. The molecular weight excluding hydrogens is 1030 g/mol. The number of pyridine rings is 1. The Balaban J connectivity index is 0.00000660. The van der Waals surface area contributed by atoms with Crippen LogP contribution in [0, 0.1) is 18.5 Å². The van der Waals surface area contributed by atoms with Crippen molar-refractivity contribution in [3.05, 3.63) is 243 Å². The predicted octanol–water partition coefficient (Wildman–Crippen LogP) is 14.7. The molecule has 0 saturated carbocycles. The summed E-state index contributed by atoms with van der Waals surface area (Å²) >= 11 is 0. The molecule has 69 heavy (non-hydrogen) atoms. The van der Waals surface area contributed by atoms with E-state index in [1.165, 1.54) is 0 Å². The van der Waals surface area contributed by atoms with Crippen LogP contribution >= 0.6 is 0 Å². The van der Waals surface area contributed by atoms with Gasteiger partial charge in [0.15, 0.2) is 0 Å². The maximum absolute atomic E-state index is 9.05. The second kappa shape index (κ2) is 17.9. The van der Waals surface area contributed by atoms with Crippen molar-refractivity contribution in [2.45, 2.75) is 26.2 Å². The molecule has 0 amide bonds. The minimum absolute atomic E-state index is 0. The first kappa shape index (κ1) is 33.4. The second-order valence-corrected chi connectivity index (χ2v) is 17.4. The molecule has 0 radical (unpaired) electrons. The molecule has 0 N–H and O–H groups in total. The molecule has 0 bridgehead atoms. The zero-order chi connectivity index (χ0) is 54.5. The zero-order valence-corrected chi connectivity index (χ0v) is 39.7. The Morgan fingerprint density at radius 1 is 0.594 bits per heavy atom. The van der Waals surface area contributed by atoms with Crippen LogP contribution in [0.5, 0.6) is 11.5 Å². The fourth-order valence-corrected chi connectivity index (χ4v) is 8.85. The van der Waals surface area contributed by atoms with Gasteiger partial charge < -0.3 is 18.4 Å². The number of fused-ring (bicyclic) bond motifs is 4. The van der Waals surface area contributed by atoms with E-state index in [-0.39, 0.29) is 54.4 Å². The van der Waals surface area contributed by atoms with Crippen LogP contribution in [0.2, 0.25) is 0 Å². The first-order chi connectivity index (χ1) is 37.5. The maximum atomic E-state index is 9.05. The van der Waals surface area contributed by atoms with Crippen molar-refractivity contribution < 1.29 is 44.1 Å². The molecule has 0 saturated heterocycles. The van der Waals surface area contributed by atoms with Gasteiger partial charge in [0.2, 0.25) is 0 Å². The van der Waals surface area contributed by atoms with E-state index in [4.69, 9.17) is 23.4 Å². The van der Waals surface area contributed by atoms with E-state index in [2.05, 4.69) is 96.9 Å². The van der Waals surface area contributed by atoms with Gasteiger partial charge in [0.1, 0.15) is 5.82 Å². The molecule has 0 aliphatic rings. The Labute approximate surface area is 430 Å². The van der Waals surface area contributed by atoms with E-state index < -0.39 is 60.4 Å². The summed E-state index contributed by atoms with van der Waals surface area (Å²) in [7, 11) is 0. The normalized spacial score (nSPS) is 13.6. The van der Waals surface area contributed by atoms with Crippen molar-refractivity contribution in [1.82, 2.24) is 18.7 Å². The maximum Gasteiger partial charge on any atom is 0.268 e. The minimum Gasteiger partial charge on any atom is -0.510 e. The van der Waals surface area contributed by atoms with Gasteiger partial charge in [-0.1, -0.05) is 153 Å². The monoisotopic (exact) mass is 1080 g/mol. The fraction of sp³-hybridized carbons (Fsp3) is 0.0645. The van der Waals surface area contributed by atoms with Gasteiger partial charge in [-0.15, -0.1) is 29.7 Å². The summed E-state index contributed by atoms with van der Waals surface area (Å²) in [5.74, 6) is 1.50. The van der Waals surface area contributed by atoms with E-state index in [1.807, 2.05) is 79.3 Å². The van der Waals surface area contributed by atoms with Crippen molar-refractivity contribution >= 4 is 32.8 Å². The number of aromatic nitrogens is 5. The Kier molecular flexibility index (Phi) is 8.66. The summed E-state index contributed by atoms with van der Waals surface area (Å²) in [6.45, 7) is 6.52. The van der Waals surface area contributed by atoms with Crippen LogP contribution in [0.15, 0.2) is 219 Å². The molecule has 0 aliphatic heterocycles.